The van der Waals surface area contributed by atoms with Gasteiger partial charge in [0.1, 0.15) is 11.2 Å². The highest BCUT2D eigenvalue weighted by molar-refractivity contribution is 7.19. The topological polar surface area (TPSA) is 89.8 Å². The van der Waals surface area contributed by atoms with E-state index in [0.29, 0.717) is 18.4 Å². The summed E-state index contributed by atoms with van der Waals surface area (Å²) in [5.41, 5.74) is 8.27. The number of alkyl halides is 2. The van der Waals surface area contributed by atoms with E-state index >= 15 is 0 Å². The SMILES string of the molecule is Cc1c(-c2[nH]c3sc(C4CCN(C(=O)C5CC(CN(CCO)CC(F)F)C5)CC4)c(C)c3c2C(C)C)cn2ncnc2c1C. The van der Waals surface area contributed by atoms with E-state index in [9.17, 15) is 18.7 Å². The lowest BCUT2D eigenvalue weighted by molar-refractivity contribution is -0.141. The summed E-state index contributed by atoms with van der Waals surface area (Å²) < 4.78 is 27.6. The summed E-state index contributed by atoms with van der Waals surface area (Å²) >= 11 is 1.87. The number of amides is 1. The second kappa shape index (κ2) is 12.5. The van der Waals surface area contributed by atoms with E-state index in [2.05, 4.69) is 55.9 Å². The highest BCUT2D eigenvalue weighted by Gasteiger charge is 2.39. The average molecular weight is 627 g/mol. The smallest absolute Gasteiger partial charge is 0.251 e. The number of H-pyrrole nitrogens is 1. The fraction of sp³-hybridized carbons (Fsp3) is 0.606. The average Bonchev–Trinajstić information content (AvgIpc) is 3.67. The van der Waals surface area contributed by atoms with Gasteiger partial charge in [0.15, 0.2) is 5.65 Å². The number of hydrogen-bond donors (Lipinski definition) is 2. The fourth-order valence-corrected chi connectivity index (χ4v) is 8.94. The van der Waals surface area contributed by atoms with Gasteiger partial charge in [-0.05, 0) is 86.5 Å². The molecule has 1 amide bonds. The van der Waals surface area contributed by atoms with Crippen LogP contribution in [0.4, 0.5) is 8.78 Å². The lowest BCUT2D eigenvalue weighted by Crippen LogP contribution is -2.47. The Hall–Kier alpha value is -2.89. The predicted octanol–water partition coefficient (Wildman–Crippen LogP) is 6.28. The Bertz CT molecular complexity index is 1640. The van der Waals surface area contributed by atoms with Gasteiger partial charge >= 0.3 is 0 Å². The van der Waals surface area contributed by atoms with E-state index in [1.807, 2.05) is 20.8 Å². The fourth-order valence-electron chi connectivity index (χ4n) is 7.55. The first-order valence-corrected chi connectivity index (χ1v) is 16.7. The molecule has 11 heteroatoms. The quantitative estimate of drug-likeness (QED) is 0.216. The molecule has 0 spiro atoms. The molecule has 238 valence electrons. The third-order valence-corrected chi connectivity index (χ3v) is 11.4. The highest BCUT2D eigenvalue weighted by atomic mass is 32.1. The number of aryl methyl sites for hydroxylation is 2. The van der Waals surface area contributed by atoms with Crippen LogP contribution in [0.2, 0.25) is 0 Å². The number of aromatic amines is 1. The molecular formula is C33H44F2N6O2S. The zero-order valence-corrected chi connectivity index (χ0v) is 27.2. The number of halogens is 2. The Morgan fingerprint density at radius 1 is 1.16 bits per heavy atom. The molecule has 0 radical (unpaired) electrons. The molecule has 0 aromatic carbocycles. The number of carbonyl (C=O) groups is 1. The minimum Gasteiger partial charge on any atom is -0.395 e. The van der Waals surface area contributed by atoms with Gasteiger partial charge in [-0.3, -0.25) is 9.69 Å². The summed E-state index contributed by atoms with van der Waals surface area (Å²) in [6.45, 7) is 12.9. The number of fused-ring (bicyclic) bond motifs is 2. The lowest BCUT2D eigenvalue weighted by Gasteiger charge is -2.41. The van der Waals surface area contributed by atoms with E-state index in [1.54, 1.807) is 11.2 Å². The van der Waals surface area contributed by atoms with Crippen LogP contribution in [0.3, 0.4) is 0 Å². The summed E-state index contributed by atoms with van der Waals surface area (Å²) in [6.07, 6.45) is 4.69. The van der Waals surface area contributed by atoms with Gasteiger partial charge in [0.25, 0.3) is 6.43 Å². The van der Waals surface area contributed by atoms with E-state index < -0.39 is 6.43 Å². The van der Waals surface area contributed by atoms with Crippen molar-refractivity contribution in [3.05, 3.63) is 39.7 Å². The van der Waals surface area contributed by atoms with E-state index in [1.165, 1.54) is 37.5 Å². The van der Waals surface area contributed by atoms with Crippen molar-refractivity contribution in [1.82, 2.24) is 29.4 Å². The van der Waals surface area contributed by atoms with Crippen molar-refractivity contribution < 1.29 is 18.7 Å². The third-order valence-electron chi connectivity index (χ3n) is 10.0. The number of likely N-dealkylation sites (tertiary alicyclic amines) is 1. The monoisotopic (exact) mass is 626 g/mol. The molecule has 4 aromatic rings. The van der Waals surface area contributed by atoms with Gasteiger partial charge < -0.3 is 15.0 Å². The molecule has 44 heavy (non-hydrogen) atoms. The van der Waals surface area contributed by atoms with Crippen molar-refractivity contribution in [2.24, 2.45) is 11.8 Å². The van der Waals surface area contributed by atoms with Crippen LogP contribution in [-0.2, 0) is 4.79 Å². The number of carbonyl (C=O) groups excluding carboxylic acids is 1. The third kappa shape index (κ3) is 5.67. The molecule has 0 bridgehead atoms. The Labute approximate surface area is 261 Å². The molecule has 2 fully saturated rings. The van der Waals surface area contributed by atoms with E-state index in [-0.39, 0.29) is 37.4 Å². The maximum absolute atomic E-state index is 13.3. The van der Waals surface area contributed by atoms with Crippen LogP contribution in [0.25, 0.3) is 27.1 Å². The number of aliphatic hydroxyl groups excluding tert-OH is 1. The lowest BCUT2D eigenvalue weighted by atomic mass is 9.73. The first-order chi connectivity index (χ1) is 21.1. The van der Waals surface area contributed by atoms with Gasteiger partial charge in [-0.1, -0.05) is 13.8 Å². The second-order valence-electron chi connectivity index (χ2n) is 13.2. The zero-order valence-electron chi connectivity index (χ0n) is 26.4. The number of rotatable bonds is 10. The number of aromatic nitrogens is 4. The van der Waals surface area contributed by atoms with Crippen LogP contribution in [0.5, 0.6) is 0 Å². The summed E-state index contributed by atoms with van der Waals surface area (Å²) in [4.78, 5) is 27.8. The van der Waals surface area contributed by atoms with Crippen LogP contribution in [0.1, 0.15) is 78.5 Å². The van der Waals surface area contributed by atoms with Crippen molar-refractivity contribution in [1.29, 1.82) is 0 Å². The molecule has 0 atom stereocenters. The second-order valence-corrected chi connectivity index (χ2v) is 14.2. The Balaban J connectivity index is 1.14. The van der Waals surface area contributed by atoms with Gasteiger partial charge in [-0.15, -0.1) is 11.3 Å². The maximum atomic E-state index is 13.3. The van der Waals surface area contributed by atoms with Gasteiger partial charge in [-0.2, -0.15) is 5.10 Å². The number of hydrogen-bond acceptors (Lipinski definition) is 6. The zero-order chi connectivity index (χ0) is 31.3. The summed E-state index contributed by atoms with van der Waals surface area (Å²) in [6, 6.07) is 0. The minimum absolute atomic E-state index is 0.00320. The normalized spacial score (nSPS) is 19.8. The molecule has 4 aromatic heterocycles. The predicted molar refractivity (Wildman–Crippen MR) is 171 cm³/mol. The summed E-state index contributed by atoms with van der Waals surface area (Å²) in [7, 11) is 0. The Morgan fingerprint density at radius 3 is 2.55 bits per heavy atom. The number of pyridine rings is 1. The number of thiophene rings is 1. The van der Waals surface area contributed by atoms with Crippen molar-refractivity contribution in [3.8, 4) is 11.3 Å². The van der Waals surface area contributed by atoms with Crippen molar-refractivity contribution in [2.75, 3.05) is 39.3 Å². The molecule has 1 saturated carbocycles. The molecular weight excluding hydrogens is 582 g/mol. The first kappa shape index (κ1) is 31.1. The van der Waals surface area contributed by atoms with Crippen LogP contribution >= 0.6 is 11.3 Å². The van der Waals surface area contributed by atoms with Crippen LogP contribution in [0.15, 0.2) is 12.5 Å². The van der Waals surface area contributed by atoms with Gasteiger partial charge in [-0.25, -0.2) is 18.3 Å². The largest absolute Gasteiger partial charge is 0.395 e. The van der Waals surface area contributed by atoms with Gasteiger partial charge in [0.05, 0.1) is 18.8 Å². The van der Waals surface area contributed by atoms with E-state index in [0.717, 1.165) is 55.5 Å². The molecule has 8 nitrogen and oxygen atoms in total. The molecule has 1 saturated heterocycles. The van der Waals surface area contributed by atoms with E-state index in [4.69, 9.17) is 0 Å². The van der Waals surface area contributed by atoms with Crippen molar-refractivity contribution in [2.45, 2.75) is 78.6 Å². The Morgan fingerprint density at radius 2 is 1.89 bits per heavy atom. The molecule has 0 unspecified atom stereocenters. The molecule has 1 aliphatic heterocycles. The standard InChI is InChI=1S/C33H44F2N6O2S/c1-18(2)27-28-21(5)30(44-32(28)38-29(27)25-15-41-31(36-17-37-41)20(4)19(25)3)23-6-8-40(9-7-23)33(43)24-12-22(13-24)14-39(10-11-42)16-26(34)35/h15,17-18,22-24,26,38,42H,6-14,16H2,1-5H3. The summed E-state index contributed by atoms with van der Waals surface area (Å²) in [5.74, 6) is 1.23. The van der Waals surface area contributed by atoms with Crippen molar-refractivity contribution in [3.63, 3.8) is 0 Å². The molecule has 2 N–H and O–H groups in total. The number of piperidine rings is 1. The molecule has 6 rings (SSSR count). The van der Waals surface area contributed by atoms with Gasteiger partial charge in [0, 0.05) is 54.1 Å². The number of aliphatic hydroxyl groups is 1. The van der Waals surface area contributed by atoms with Crippen LogP contribution in [0, 0.1) is 32.6 Å². The van der Waals surface area contributed by atoms with Gasteiger partial charge in [0.2, 0.25) is 5.91 Å². The first-order valence-electron chi connectivity index (χ1n) is 15.9. The molecule has 2 aliphatic rings. The number of nitrogens with zero attached hydrogens (tertiary/aromatic N) is 5. The Kier molecular flexibility index (Phi) is 8.82. The van der Waals surface area contributed by atoms with Crippen molar-refractivity contribution >= 4 is 33.1 Å². The van der Waals surface area contributed by atoms with Crippen LogP contribution < -0.4 is 0 Å². The highest BCUT2D eigenvalue weighted by Crippen LogP contribution is 2.47. The maximum Gasteiger partial charge on any atom is 0.251 e. The minimum atomic E-state index is -2.41. The summed E-state index contributed by atoms with van der Waals surface area (Å²) in [5, 5.41) is 15.0. The number of nitrogens with one attached hydrogen (secondary N) is 1. The molecule has 5 heterocycles. The van der Waals surface area contributed by atoms with Crippen LogP contribution in [-0.4, -0.2) is 86.2 Å². The molecule has 1 aliphatic carbocycles.